The van der Waals surface area contributed by atoms with E-state index in [0.29, 0.717) is 22.9 Å². The molecule has 0 atom stereocenters. The Labute approximate surface area is 129 Å². The summed E-state index contributed by atoms with van der Waals surface area (Å²) in [7, 11) is -3.76. The molecule has 0 radical (unpaired) electrons. The largest absolute Gasteiger partial charge is 0.384 e. The van der Waals surface area contributed by atoms with Gasteiger partial charge in [0.1, 0.15) is 4.90 Å². The summed E-state index contributed by atoms with van der Waals surface area (Å²) in [5.74, 6) is 0. The molecule has 0 aliphatic rings. The lowest BCUT2D eigenvalue weighted by atomic mass is 10.2. The molecule has 0 bridgehead atoms. The lowest BCUT2D eigenvalue weighted by molar-refractivity contribution is 0.601. The van der Waals surface area contributed by atoms with E-state index in [1.54, 1.807) is 18.2 Å². The second-order valence-electron chi connectivity index (χ2n) is 4.49. The molecule has 0 aliphatic heterocycles. The number of hydrogen-bond acceptors (Lipinski definition) is 4. The third kappa shape index (κ3) is 3.65. The molecule has 0 fully saturated rings. The molecular weight excluding hydrogens is 310 g/mol. The first kappa shape index (κ1) is 15.6. The normalized spacial score (nSPS) is 11.2. The molecule has 0 amide bonds. The topological polar surface area (TPSA) is 71.1 Å². The molecule has 2 aromatic rings. The second kappa shape index (κ2) is 6.32. The zero-order valence-electron chi connectivity index (χ0n) is 11.7. The number of pyridine rings is 1. The van der Waals surface area contributed by atoms with Gasteiger partial charge in [-0.3, -0.25) is 9.71 Å². The van der Waals surface area contributed by atoms with Crippen molar-refractivity contribution in [3.63, 3.8) is 0 Å². The summed E-state index contributed by atoms with van der Waals surface area (Å²) in [5, 5.41) is 3.35. The zero-order chi connectivity index (χ0) is 15.5. The van der Waals surface area contributed by atoms with Crippen molar-refractivity contribution < 1.29 is 8.42 Å². The van der Waals surface area contributed by atoms with E-state index in [4.69, 9.17) is 11.6 Å². The van der Waals surface area contributed by atoms with Gasteiger partial charge in [-0.2, -0.15) is 0 Å². The number of sulfonamides is 1. The monoisotopic (exact) mass is 325 g/mol. The van der Waals surface area contributed by atoms with E-state index < -0.39 is 10.0 Å². The van der Waals surface area contributed by atoms with Gasteiger partial charge in [-0.25, -0.2) is 8.42 Å². The molecule has 21 heavy (non-hydrogen) atoms. The minimum absolute atomic E-state index is 0.0874. The van der Waals surface area contributed by atoms with Gasteiger partial charge in [0.05, 0.1) is 16.4 Å². The summed E-state index contributed by atoms with van der Waals surface area (Å²) < 4.78 is 27.5. The fourth-order valence-electron chi connectivity index (χ4n) is 1.85. The maximum Gasteiger partial charge on any atom is 0.265 e. The lowest BCUT2D eigenvalue weighted by Crippen LogP contribution is -2.16. The highest BCUT2D eigenvalue weighted by Gasteiger charge is 2.20. The van der Waals surface area contributed by atoms with E-state index in [-0.39, 0.29) is 4.90 Å². The quantitative estimate of drug-likeness (QED) is 0.885. The van der Waals surface area contributed by atoms with Gasteiger partial charge in [0, 0.05) is 18.9 Å². The van der Waals surface area contributed by atoms with Crippen LogP contribution >= 0.6 is 11.6 Å². The fourth-order valence-corrected chi connectivity index (χ4v) is 3.27. The van der Waals surface area contributed by atoms with Crippen LogP contribution in [0.4, 0.5) is 11.4 Å². The molecule has 5 nitrogen and oxygen atoms in total. The smallest absolute Gasteiger partial charge is 0.265 e. The van der Waals surface area contributed by atoms with Gasteiger partial charge in [0.15, 0.2) is 0 Å². The van der Waals surface area contributed by atoms with Gasteiger partial charge in [-0.05, 0) is 37.6 Å². The van der Waals surface area contributed by atoms with Crippen LogP contribution < -0.4 is 10.0 Å². The molecule has 1 aromatic heterocycles. The SMILES string of the molecule is CCNc1ccncc1S(=O)(=O)Nc1cc(C)ccc1Cl. The molecule has 112 valence electrons. The standard InChI is InChI=1S/C14H16ClN3O2S/c1-3-17-12-6-7-16-9-14(12)21(19,20)18-13-8-10(2)4-5-11(13)15/h4-9,18H,3H2,1-2H3,(H,16,17). The number of halogens is 1. The third-order valence-corrected chi connectivity index (χ3v) is 4.53. The van der Waals surface area contributed by atoms with E-state index >= 15 is 0 Å². The van der Waals surface area contributed by atoms with Gasteiger partial charge in [0.2, 0.25) is 0 Å². The average molecular weight is 326 g/mol. The first-order chi connectivity index (χ1) is 9.94. The first-order valence-corrected chi connectivity index (χ1v) is 8.27. The Balaban J connectivity index is 2.41. The number of nitrogens with one attached hydrogen (secondary N) is 2. The van der Waals surface area contributed by atoms with Crippen molar-refractivity contribution in [1.82, 2.24) is 4.98 Å². The highest BCUT2D eigenvalue weighted by Crippen LogP contribution is 2.27. The van der Waals surface area contributed by atoms with Crippen molar-refractivity contribution in [2.75, 3.05) is 16.6 Å². The van der Waals surface area contributed by atoms with Crippen LogP contribution in [0.15, 0.2) is 41.6 Å². The molecule has 2 N–H and O–H groups in total. The minimum atomic E-state index is -3.76. The maximum atomic E-state index is 12.5. The van der Waals surface area contributed by atoms with Gasteiger partial charge >= 0.3 is 0 Å². The molecular formula is C14H16ClN3O2S. The first-order valence-electron chi connectivity index (χ1n) is 6.41. The van der Waals surface area contributed by atoms with Gasteiger partial charge in [-0.15, -0.1) is 0 Å². The van der Waals surface area contributed by atoms with Crippen LogP contribution in [-0.2, 0) is 10.0 Å². The number of benzene rings is 1. The van der Waals surface area contributed by atoms with Crippen LogP contribution in [0, 0.1) is 6.92 Å². The van der Waals surface area contributed by atoms with Crippen molar-refractivity contribution in [2.45, 2.75) is 18.7 Å². The molecule has 2 rings (SSSR count). The number of anilines is 2. The van der Waals surface area contributed by atoms with Crippen LogP contribution in [0.5, 0.6) is 0 Å². The molecule has 0 saturated heterocycles. The predicted molar refractivity (Wildman–Crippen MR) is 85.4 cm³/mol. The Kier molecular flexibility index (Phi) is 4.69. The van der Waals surface area contributed by atoms with E-state index in [2.05, 4.69) is 15.0 Å². The maximum absolute atomic E-state index is 12.5. The Hall–Kier alpha value is -1.79. The van der Waals surface area contributed by atoms with Crippen LogP contribution in [-0.4, -0.2) is 19.9 Å². The van der Waals surface area contributed by atoms with E-state index in [1.807, 2.05) is 19.9 Å². The minimum Gasteiger partial charge on any atom is -0.384 e. The van der Waals surface area contributed by atoms with Gasteiger partial charge < -0.3 is 5.32 Å². The van der Waals surface area contributed by atoms with Crippen LogP contribution in [0.2, 0.25) is 5.02 Å². The van der Waals surface area contributed by atoms with E-state index in [0.717, 1.165) is 5.56 Å². The summed E-state index contributed by atoms with van der Waals surface area (Å²) in [6, 6.07) is 6.77. The lowest BCUT2D eigenvalue weighted by Gasteiger charge is -2.13. The molecule has 0 unspecified atom stereocenters. The Morgan fingerprint density at radius 1 is 1.24 bits per heavy atom. The van der Waals surface area contributed by atoms with Gasteiger partial charge in [0.25, 0.3) is 10.0 Å². The summed E-state index contributed by atoms with van der Waals surface area (Å²) in [6.45, 7) is 4.36. The number of hydrogen-bond donors (Lipinski definition) is 2. The van der Waals surface area contributed by atoms with Crippen molar-refractivity contribution >= 4 is 33.0 Å². The summed E-state index contributed by atoms with van der Waals surface area (Å²) in [5.41, 5.74) is 1.77. The molecule has 0 spiro atoms. The van der Waals surface area contributed by atoms with Crippen molar-refractivity contribution in [1.29, 1.82) is 0 Å². The second-order valence-corrected chi connectivity index (χ2v) is 6.55. The summed E-state index contributed by atoms with van der Waals surface area (Å²) in [6.07, 6.45) is 2.85. The van der Waals surface area contributed by atoms with Crippen molar-refractivity contribution in [2.24, 2.45) is 0 Å². The Bertz CT molecular complexity index is 748. The molecule has 0 aliphatic carbocycles. The zero-order valence-corrected chi connectivity index (χ0v) is 13.3. The number of nitrogens with zero attached hydrogens (tertiary/aromatic N) is 1. The van der Waals surface area contributed by atoms with E-state index in [9.17, 15) is 8.42 Å². The van der Waals surface area contributed by atoms with Crippen LogP contribution in [0.3, 0.4) is 0 Å². The summed E-state index contributed by atoms with van der Waals surface area (Å²) >= 11 is 6.03. The number of aromatic nitrogens is 1. The highest BCUT2D eigenvalue weighted by molar-refractivity contribution is 7.92. The fraction of sp³-hybridized carbons (Fsp3) is 0.214. The van der Waals surface area contributed by atoms with Crippen LogP contribution in [0.25, 0.3) is 0 Å². The third-order valence-electron chi connectivity index (χ3n) is 2.81. The molecule has 1 heterocycles. The number of aryl methyl sites for hydroxylation is 1. The van der Waals surface area contributed by atoms with Crippen LogP contribution in [0.1, 0.15) is 12.5 Å². The molecule has 1 aromatic carbocycles. The Morgan fingerprint density at radius 2 is 2.00 bits per heavy atom. The predicted octanol–water partition coefficient (Wildman–Crippen LogP) is 3.28. The number of rotatable bonds is 5. The molecule has 0 saturated carbocycles. The van der Waals surface area contributed by atoms with Gasteiger partial charge in [-0.1, -0.05) is 17.7 Å². The Morgan fingerprint density at radius 3 is 2.71 bits per heavy atom. The average Bonchev–Trinajstić information content (AvgIpc) is 2.43. The van der Waals surface area contributed by atoms with Crippen molar-refractivity contribution in [3.05, 3.63) is 47.2 Å². The van der Waals surface area contributed by atoms with Crippen molar-refractivity contribution in [3.8, 4) is 0 Å². The van der Waals surface area contributed by atoms with E-state index in [1.165, 1.54) is 12.4 Å². The summed E-state index contributed by atoms with van der Waals surface area (Å²) in [4.78, 5) is 3.97. The highest BCUT2D eigenvalue weighted by atomic mass is 35.5. The molecule has 7 heteroatoms.